The summed E-state index contributed by atoms with van der Waals surface area (Å²) >= 11 is 6.50. The molecule has 0 heterocycles. The molecule has 2 N–H and O–H groups in total. The van der Waals surface area contributed by atoms with Gasteiger partial charge in [0.1, 0.15) is 17.2 Å². The van der Waals surface area contributed by atoms with Gasteiger partial charge in [-0.05, 0) is 61.7 Å². The first-order chi connectivity index (χ1) is 10.4. The summed E-state index contributed by atoms with van der Waals surface area (Å²) in [7, 11) is 1.57. The van der Waals surface area contributed by atoms with Crippen molar-refractivity contribution in [2.45, 2.75) is 0 Å². The van der Waals surface area contributed by atoms with Crippen LogP contribution in [0.3, 0.4) is 0 Å². The third kappa shape index (κ3) is 3.69. The molecule has 0 spiro atoms. The van der Waals surface area contributed by atoms with Gasteiger partial charge in [0, 0.05) is 11.6 Å². The first-order valence-electron chi connectivity index (χ1n) is 6.20. The zero-order valence-electron chi connectivity index (χ0n) is 11.5. The van der Waals surface area contributed by atoms with Crippen LogP contribution < -0.4 is 4.74 Å². The summed E-state index contributed by atoms with van der Waals surface area (Å²) in [5, 5.41) is 19.1. The van der Waals surface area contributed by atoms with Crippen molar-refractivity contribution in [3.8, 4) is 17.2 Å². The highest BCUT2D eigenvalue weighted by Gasteiger charge is 2.12. The smallest absolute Gasteiger partial charge is 0.187 e. The average molecular weight is 428 g/mol. The van der Waals surface area contributed by atoms with Crippen LogP contribution in [-0.4, -0.2) is 23.1 Å². The topological polar surface area (TPSA) is 66.8 Å². The molecule has 0 fully saturated rings. The molecule has 0 aliphatic rings. The summed E-state index contributed by atoms with van der Waals surface area (Å²) in [6.07, 6.45) is 3.01. The zero-order valence-corrected chi connectivity index (χ0v) is 14.7. The molecule has 114 valence electrons. The van der Waals surface area contributed by atoms with Gasteiger partial charge in [-0.25, -0.2) is 0 Å². The molecule has 2 aromatic carbocycles. The van der Waals surface area contributed by atoms with E-state index in [-0.39, 0.29) is 27.3 Å². The van der Waals surface area contributed by atoms with Crippen LogP contribution in [-0.2, 0) is 0 Å². The second kappa shape index (κ2) is 6.98. The molecular formula is C16H12Br2O4. The number of allylic oxidation sites excluding steroid dienone is 1. The van der Waals surface area contributed by atoms with Gasteiger partial charge in [-0.1, -0.05) is 12.1 Å². The van der Waals surface area contributed by atoms with Crippen LogP contribution >= 0.6 is 31.9 Å². The van der Waals surface area contributed by atoms with E-state index in [1.165, 1.54) is 12.1 Å². The molecule has 0 atom stereocenters. The van der Waals surface area contributed by atoms with E-state index < -0.39 is 0 Å². The summed E-state index contributed by atoms with van der Waals surface area (Å²) < 4.78 is 6.16. The van der Waals surface area contributed by atoms with Crippen LogP contribution in [0.4, 0.5) is 0 Å². The predicted octanol–water partition coefficient (Wildman–Crippen LogP) is 4.53. The monoisotopic (exact) mass is 426 g/mol. The number of phenolic OH excluding ortho intramolecular Hbond substituents is 2. The van der Waals surface area contributed by atoms with E-state index in [1.807, 2.05) is 12.1 Å². The molecule has 2 aromatic rings. The molecule has 0 saturated carbocycles. The molecule has 0 aromatic heterocycles. The lowest BCUT2D eigenvalue weighted by Gasteiger charge is -2.05. The van der Waals surface area contributed by atoms with Crippen molar-refractivity contribution in [2.75, 3.05) is 7.11 Å². The molecule has 0 bridgehead atoms. The number of hydrogen-bond acceptors (Lipinski definition) is 4. The van der Waals surface area contributed by atoms with Gasteiger partial charge in [-0.15, -0.1) is 0 Å². The molecule has 0 amide bonds. The fourth-order valence-electron chi connectivity index (χ4n) is 1.82. The van der Waals surface area contributed by atoms with Crippen molar-refractivity contribution in [1.29, 1.82) is 0 Å². The Hall–Kier alpha value is -1.79. The lowest BCUT2D eigenvalue weighted by atomic mass is 10.1. The first kappa shape index (κ1) is 16.6. The van der Waals surface area contributed by atoms with Crippen LogP contribution in [0.1, 0.15) is 15.9 Å². The fraction of sp³-hybridized carbons (Fsp3) is 0.0625. The van der Waals surface area contributed by atoms with E-state index in [0.717, 1.165) is 16.1 Å². The quantitative estimate of drug-likeness (QED) is 0.555. The Balaban J connectivity index is 2.27. The molecule has 6 heteroatoms. The Morgan fingerprint density at radius 3 is 2.55 bits per heavy atom. The van der Waals surface area contributed by atoms with Gasteiger partial charge in [0.2, 0.25) is 0 Å². The highest BCUT2D eigenvalue weighted by atomic mass is 79.9. The number of phenols is 2. The van der Waals surface area contributed by atoms with Crippen molar-refractivity contribution in [1.82, 2.24) is 0 Å². The normalized spacial score (nSPS) is 10.9. The molecule has 0 aliphatic carbocycles. The number of halogens is 2. The minimum absolute atomic E-state index is 0.176. The molecule has 0 radical (unpaired) electrons. The summed E-state index contributed by atoms with van der Waals surface area (Å²) in [5.74, 6) is -0.0114. The van der Waals surface area contributed by atoms with E-state index >= 15 is 0 Å². The van der Waals surface area contributed by atoms with Crippen molar-refractivity contribution in [2.24, 2.45) is 0 Å². The first-order valence-corrected chi connectivity index (χ1v) is 7.78. The number of aromatic hydroxyl groups is 2. The van der Waals surface area contributed by atoms with Gasteiger partial charge in [0.25, 0.3) is 0 Å². The van der Waals surface area contributed by atoms with Crippen LogP contribution in [0.25, 0.3) is 6.08 Å². The SMILES string of the molecule is COc1ccc(/C=C/C(=O)c2cc(O)cc(O)c2Br)cc1Br. The van der Waals surface area contributed by atoms with Crippen LogP contribution in [0.15, 0.2) is 45.4 Å². The maximum Gasteiger partial charge on any atom is 0.187 e. The lowest BCUT2D eigenvalue weighted by Crippen LogP contribution is -1.96. The molecule has 2 rings (SSSR count). The second-order valence-electron chi connectivity index (χ2n) is 4.42. The lowest BCUT2D eigenvalue weighted by molar-refractivity contribution is 0.104. The summed E-state index contributed by atoms with van der Waals surface area (Å²) in [6, 6.07) is 7.86. The zero-order chi connectivity index (χ0) is 16.3. The Morgan fingerprint density at radius 2 is 1.91 bits per heavy atom. The molecule has 4 nitrogen and oxygen atoms in total. The van der Waals surface area contributed by atoms with Gasteiger partial charge < -0.3 is 14.9 Å². The summed E-state index contributed by atoms with van der Waals surface area (Å²) in [6.45, 7) is 0. The number of carbonyl (C=O) groups is 1. The second-order valence-corrected chi connectivity index (χ2v) is 6.07. The highest BCUT2D eigenvalue weighted by molar-refractivity contribution is 9.11. The van der Waals surface area contributed by atoms with E-state index in [9.17, 15) is 15.0 Å². The molecule has 0 aliphatic heterocycles. The molecule has 0 unspecified atom stereocenters. The Kier molecular flexibility index (Phi) is 5.26. The Bertz CT molecular complexity index is 754. The van der Waals surface area contributed by atoms with E-state index in [4.69, 9.17) is 4.74 Å². The van der Waals surface area contributed by atoms with E-state index in [1.54, 1.807) is 19.3 Å². The fourth-order valence-corrected chi connectivity index (χ4v) is 2.80. The largest absolute Gasteiger partial charge is 0.508 e. The third-order valence-electron chi connectivity index (χ3n) is 2.91. The van der Waals surface area contributed by atoms with Crippen molar-refractivity contribution < 1.29 is 19.7 Å². The van der Waals surface area contributed by atoms with Gasteiger partial charge >= 0.3 is 0 Å². The number of benzene rings is 2. The number of ether oxygens (including phenoxy) is 1. The van der Waals surface area contributed by atoms with Gasteiger partial charge in [-0.2, -0.15) is 0 Å². The number of rotatable bonds is 4. The third-order valence-corrected chi connectivity index (χ3v) is 4.36. The van der Waals surface area contributed by atoms with E-state index in [2.05, 4.69) is 31.9 Å². The number of carbonyl (C=O) groups excluding carboxylic acids is 1. The van der Waals surface area contributed by atoms with Gasteiger partial charge in [0.15, 0.2) is 5.78 Å². The highest BCUT2D eigenvalue weighted by Crippen LogP contribution is 2.32. The Labute approximate surface area is 144 Å². The van der Waals surface area contributed by atoms with Crippen LogP contribution in [0.2, 0.25) is 0 Å². The maximum atomic E-state index is 12.2. The van der Waals surface area contributed by atoms with Gasteiger partial charge in [0.05, 0.1) is 16.1 Å². The van der Waals surface area contributed by atoms with Gasteiger partial charge in [-0.3, -0.25) is 4.79 Å². The molecular weight excluding hydrogens is 416 g/mol. The minimum Gasteiger partial charge on any atom is -0.508 e. The number of ketones is 1. The number of methoxy groups -OCH3 is 1. The Morgan fingerprint density at radius 1 is 1.18 bits per heavy atom. The van der Waals surface area contributed by atoms with Crippen LogP contribution in [0, 0.1) is 0 Å². The van der Waals surface area contributed by atoms with Crippen molar-refractivity contribution >= 4 is 43.7 Å². The molecule has 22 heavy (non-hydrogen) atoms. The van der Waals surface area contributed by atoms with Crippen molar-refractivity contribution in [3.05, 3.63) is 56.5 Å². The predicted molar refractivity (Wildman–Crippen MR) is 91.5 cm³/mol. The maximum absolute atomic E-state index is 12.2. The van der Waals surface area contributed by atoms with Crippen LogP contribution in [0.5, 0.6) is 17.2 Å². The number of hydrogen-bond donors (Lipinski definition) is 2. The standard InChI is InChI=1S/C16H12Br2O4/c1-22-15-5-3-9(6-12(15)17)2-4-13(20)11-7-10(19)8-14(21)16(11)18/h2-8,19,21H,1H3/b4-2+. The molecule has 0 saturated heterocycles. The van der Waals surface area contributed by atoms with E-state index in [0.29, 0.717) is 5.75 Å². The minimum atomic E-state index is -0.343. The summed E-state index contributed by atoms with van der Waals surface area (Å²) in [4.78, 5) is 12.2. The average Bonchev–Trinajstić information content (AvgIpc) is 2.48. The van der Waals surface area contributed by atoms with Crippen molar-refractivity contribution in [3.63, 3.8) is 0 Å². The summed E-state index contributed by atoms with van der Waals surface area (Å²) in [5.41, 5.74) is 0.989.